The van der Waals surface area contributed by atoms with Crippen LogP contribution in [0.5, 0.6) is 0 Å². The predicted octanol–water partition coefficient (Wildman–Crippen LogP) is 2.79. The molecule has 10 heteroatoms. The average Bonchev–Trinajstić information content (AvgIpc) is 3.14. The molecule has 0 unspecified atom stereocenters. The predicted molar refractivity (Wildman–Crippen MR) is 106 cm³/mol. The molecule has 0 bridgehead atoms. The summed E-state index contributed by atoms with van der Waals surface area (Å²) in [5, 5.41) is 6.79. The number of hydrogen-bond donors (Lipinski definition) is 2. The Hall–Kier alpha value is -3.79. The topological polar surface area (TPSA) is 96.7 Å². The summed E-state index contributed by atoms with van der Waals surface area (Å²) >= 11 is 0. The molecule has 0 aliphatic carbocycles. The molecular weight excluding hydrogens is 397 g/mol. The zero-order valence-corrected chi connectivity index (χ0v) is 15.7. The zero-order valence-electron chi connectivity index (χ0n) is 14.8. The van der Waals surface area contributed by atoms with E-state index < -0.39 is 22.6 Å². The van der Waals surface area contributed by atoms with Crippen molar-refractivity contribution in [3.05, 3.63) is 84.4 Å². The summed E-state index contributed by atoms with van der Waals surface area (Å²) in [6.07, 6.45) is 2.78. The van der Waals surface area contributed by atoms with Crippen LogP contribution in [0.25, 0.3) is 5.65 Å². The number of amides is 1. The number of hydrogen-bond acceptors (Lipinski definition) is 5. The molecule has 29 heavy (non-hydrogen) atoms. The standard InChI is InChI=1S/C19H14FN5O3S/c20-15-8-4-5-9-16(15)25(29(27)28)17-10-11-24-18(23-17)14(12-21-24)19(26)22-13-6-2-1-3-7-13/h1-12,29H,(H,22,26). The average molecular weight is 411 g/mol. The number of nitrogens with one attached hydrogen (secondary N) is 1. The molecule has 4 aromatic rings. The molecule has 8 nitrogen and oxygen atoms in total. The van der Waals surface area contributed by atoms with Gasteiger partial charge in [0.15, 0.2) is 11.5 Å². The van der Waals surface area contributed by atoms with Crippen molar-refractivity contribution in [2.75, 3.05) is 9.62 Å². The first-order chi connectivity index (χ1) is 14.0. The number of carbonyl (C=O) groups excluding carboxylic acids is 1. The molecule has 1 N–H and O–H groups in total. The van der Waals surface area contributed by atoms with Gasteiger partial charge in [0.1, 0.15) is 11.4 Å². The zero-order chi connectivity index (χ0) is 20.4. The Kier molecular flexibility index (Phi) is 4.92. The fraction of sp³-hybridized carbons (Fsp3) is 0. The first kappa shape index (κ1) is 18.6. The van der Waals surface area contributed by atoms with Gasteiger partial charge >= 0.3 is 0 Å². The minimum Gasteiger partial charge on any atom is -0.322 e. The van der Waals surface area contributed by atoms with Gasteiger partial charge in [-0.25, -0.2) is 26.6 Å². The molecule has 2 heterocycles. The van der Waals surface area contributed by atoms with Gasteiger partial charge in [0.25, 0.3) is 5.91 Å². The van der Waals surface area contributed by atoms with Crippen LogP contribution >= 0.6 is 0 Å². The third-order valence-corrected chi connectivity index (χ3v) is 4.84. The van der Waals surface area contributed by atoms with Crippen LogP contribution in [0.2, 0.25) is 0 Å². The van der Waals surface area contributed by atoms with Gasteiger partial charge in [0.05, 0.1) is 11.9 Å². The Bertz CT molecular complexity index is 1270. The van der Waals surface area contributed by atoms with Crippen LogP contribution in [0.1, 0.15) is 10.4 Å². The van der Waals surface area contributed by atoms with Crippen molar-refractivity contribution in [3.63, 3.8) is 0 Å². The minimum absolute atomic E-state index is 0.0621. The van der Waals surface area contributed by atoms with E-state index in [1.807, 2.05) is 6.07 Å². The highest BCUT2D eigenvalue weighted by atomic mass is 32.2. The highest BCUT2D eigenvalue weighted by Crippen LogP contribution is 2.27. The van der Waals surface area contributed by atoms with Crippen molar-refractivity contribution < 1.29 is 17.6 Å². The molecule has 0 fully saturated rings. The van der Waals surface area contributed by atoms with E-state index in [1.54, 1.807) is 24.3 Å². The number of nitrogens with zero attached hydrogens (tertiary/aromatic N) is 4. The molecular formula is C19H14FN5O3S. The maximum absolute atomic E-state index is 14.2. The molecule has 0 atom stereocenters. The van der Waals surface area contributed by atoms with Crippen LogP contribution in [0.15, 0.2) is 73.1 Å². The maximum atomic E-state index is 14.2. The van der Waals surface area contributed by atoms with Crippen molar-refractivity contribution in [1.29, 1.82) is 0 Å². The molecule has 0 saturated heterocycles. The van der Waals surface area contributed by atoms with Crippen LogP contribution in [0.4, 0.5) is 21.6 Å². The number of thiol groups is 1. The molecule has 2 aromatic heterocycles. The van der Waals surface area contributed by atoms with Crippen LogP contribution in [0.3, 0.4) is 0 Å². The van der Waals surface area contributed by atoms with Crippen LogP contribution in [-0.4, -0.2) is 28.9 Å². The van der Waals surface area contributed by atoms with Crippen LogP contribution in [0, 0.1) is 5.82 Å². The van der Waals surface area contributed by atoms with E-state index in [9.17, 15) is 17.6 Å². The Morgan fingerprint density at radius 3 is 2.48 bits per heavy atom. The molecule has 0 saturated carbocycles. The fourth-order valence-electron chi connectivity index (χ4n) is 2.78. The number of halogens is 1. The highest BCUT2D eigenvalue weighted by Gasteiger charge is 2.20. The van der Waals surface area contributed by atoms with Crippen molar-refractivity contribution in [2.24, 2.45) is 0 Å². The lowest BCUT2D eigenvalue weighted by molar-refractivity contribution is 0.102. The van der Waals surface area contributed by atoms with E-state index in [2.05, 4.69) is 15.4 Å². The lowest BCUT2D eigenvalue weighted by atomic mass is 10.2. The van der Waals surface area contributed by atoms with E-state index in [-0.39, 0.29) is 22.7 Å². The number of para-hydroxylation sites is 2. The maximum Gasteiger partial charge on any atom is 0.261 e. The molecule has 0 aliphatic rings. The van der Waals surface area contributed by atoms with Crippen LogP contribution < -0.4 is 9.62 Å². The summed E-state index contributed by atoms with van der Waals surface area (Å²) in [5.41, 5.74) is 0.693. The summed E-state index contributed by atoms with van der Waals surface area (Å²) < 4.78 is 39.9. The van der Waals surface area contributed by atoms with Gasteiger partial charge in [-0.3, -0.25) is 4.79 Å². The second kappa shape index (κ2) is 7.68. The molecule has 4 rings (SSSR count). The van der Waals surface area contributed by atoms with E-state index >= 15 is 0 Å². The highest BCUT2D eigenvalue weighted by molar-refractivity contribution is 7.74. The normalized spacial score (nSPS) is 11.0. The van der Waals surface area contributed by atoms with Gasteiger partial charge in [-0.15, -0.1) is 0 Å². The summed E-state index contributed by atoms with van der Waals surface area (Å²) in [6.45, 7) is 0. The Morgan fingerprint density at radius 2 is 1.76 bits per heavy atom. The fourth-order valence-corrected chi connectivity index (χ4v) is 3.39. The molecule has 2 aromatic carbocycles. The third kappa shape index (κ3) is 3.65. The Morgan fingerprint density at radius 1 is 1.03 bits per heavy atom. The lowest BCUT2D eigenvalue weighted by Gasteiger charge is -2.17. The van der Waals surface area contributed by atoms with Crippen molar-refractivity contribution in [1.82, 2.24) is 14.6 Å². The number of anilines is 3. The minimum atomic E-state index is -3.24. The molecule has 0 spiro atoms. The first-order valence-corrected chi connectivity index (χ1v) is 9.57. The van der Waals surface area contributed by atoms with Gasteiger partial charge in [-0.2, -0.15) is 5.10 Å². The van der Waals surface area contributed by atoms with E-state index in [0.29, 0.717) is 5.69 Å². The number of benzene rings is 2. The monoisotopic (exact) mass is 411 g/mol. The number of rotatable bonds is 5. The van der Waals surface area contributed by atoms with E-state index in [4.69, 9.17) is 0 Å². The lowest BCUT2D eigenvalue weighted by Crippen LogP contribution is -2.18. The van der Waals surface area contributed by atoms with E-state index in [1.165, 1.54) is 41.2 Å². The number of aromatic nitrogens is 3. The summed E-state index contributed by atoms with van der Waals surface area (Å²) in [4.78, 5) is 16.9. The smallest absolute Gasteiger partial charge is 0.261 e. The van der Waals surface area contributed by atoms with Crippen molar-refractivity contribution in [2.45, 2.75) is 0 Å². The second-order valence-electron chi connectivity index (χ2n) is 5.93. The van der Waals surface area contributed by atoms with Gasteiger partial charge < -0.3 is 5.32 Å². The third-order valence-electron chi connectivity index (χ3n) is 4.09. The quantitative estimate of drug-likeness (QED) is 0.492. The SMILES string of the molecule is O=C(Nc1ccccc1)c1cnn2ccc(N(c3ccccc3F)[SH](=O)=O)nc12. The first-order valence-electron chi connectivity index (χ1n) is 8.44. The molecule has 146 valence electrons. The Labute approximate surface area is 166 Å². The van der Waals surface area contributed by atoms with Gasteiger partial charge in [-0.1, -0.05) is 30.3 Å². The van der Waals surface area contributed by atoms with Gasteiger partial charge in [0, 0.05) is 18.0 Å². The molecule has 0 radical (unpaired) electrons. The molecule has 1 amide bonds. The van der Waals surface area contributed by atoms with Gasteiger partial charge in [0.2, 0.25) is 10.9 Å². The molecule has 0 aliphatic heterocycles. The van der Waals surface area contributed by atoms with Gasteiger partial charge in [-0.05, 0) is 24.3 Å². The Balaban J connectivity index is 1.76. The number of fused-ring (bicyclic) bond motifs is 1. The van der Waals surface area contributed by atoms with Crippen molar-refractivity contribution in [3.8, 4) is 0 Å². The summed E-state index contributed by atoms with van der Waals surface area (Å²) in [6, 6.07) is 15.6. The van der Waals surface area contributed by atoms with Crippen LogP contribution in [-0.2, 0) is 10.9 Å². The summed E-state index contributed by atoms with van der Waals surface area (Å²) in [5.74, 6) is -1.24. The largest absolute Gasteiger partial charge is 0.322 e. The van der Waals surface area contributed by atoms with Crippen molar-refractivity contribution >= 4 is 39.6 Å². The van der Waals surface area contributed by atoms with E-state index in [0.717, 1.165) is 10.4 Å². The summed E-state index contributed by atoms with van der Waals surface area (Å²) in [7, 11) is -3.24. The second-order valence-corrected chi connectivity index (χ2v) is 6.81. The number of carbonyl (C=O) groups is 1.